The summed E-state index contributed by atoms with van der Waals surface area (Å²) in [7, 11) is -0.158. The molecule has 2 aromatic heterocycles. The second kappa shape index (κ2) is 13.3. The number of benzene rings is 3. The van der Waals surface area contributed by atoms with Crippen molar-refractivity contribution < 1.29 is 18.3 Å². The number of aliphatic hydroxyl groups excluding tert-OH is 1. The first kappa shape index (κ1) is 32.4. The van der Waals surface area contributed by atoms with Crippen LogP contribution in [-0.2, 0) is 15.8 Å². The molecule has 1 fully saturated rings. The lowest BCUT2D eigenvalue weighted by Crippen LogP contribution is -2.32. The standard InChI is InChI=1S/C37H41N5O4S/c1-25-18-30(14-15-35(25)41-17-16-32(22-41)38-3)31-19-33-34(28-10-12-29(13-11-28)37(44)40(4)21-26(2)43)23-42(36(33)39-20-31)47(45,46)24-27-8-6-5-7-9-27/h5-15,18-20,23,26,32,38,43H,16-17,21-22,24H2,1-4H3. The largest absolute Gasteiger partial charge is 0.392 e. The summed E-state index contributed by atoms with van der Waals surface area (Å²) in [6, 6.07) is 25.1. The SMILES string of the molecule is CNC1CCN(c2ccc(-c3cnc4c(c3)c(-c3ccc(C(=O)N(C)CC(C)O)cc3)cn4S(=O)(=O)Cc3ccccc3)cc2C)C1. The van der Waals surface area contributed by atoms with Crippen molar-refractivity contribution in [2.24, 2.45) is 0 Å². The minimum Gasteiger partial charge on any atom is -0.392 e. The summed E-state index contributed by atoms with van der Waals surface area (Å²) in [4.78, 5) is 21.6. The van der Waals surface area contributed by atoms with Gasteiger partial charge in [-0.2, -0.15) is 0 Å². The summed E-state index contributed by atoms with van der Waals surface area (Å²) in [5.74, 6) is -0.377. The Morgan fingerprint density at radius 2 is 1.77 bits per heavy atom. The molecule has 47 heavy (non-hydrogen) atoms. The highest BCUT2D eigenvalue weighted by atomic mass is 32.2. The van der Waals surface area contributed by atoms with E-state index >= 15 is 0 Å². The van der Waals surface area contributed by atoms with E-state index in [1.54, 1.807) is 50.6 Å². The van der Waals surface area contributed by atoms with E-state index in [0.717, 1.165) is 36.2 Å². The fraction of sp³-hybridized carbons (Fsp3) is 0.297. The molecule has 3 aromatic carbocycles. The number of nitrogens with one attached hydrogen (secondary N) is 1. The lowest BCUT2D eigenvalue weighted by molar-refractivity contribution is 0.0703. The summed E-state index contributed by atoms with van der Waals surface area (Å²) < 4.78 is 28.9. The fourth-order valence-electron chi connectivity index (χ4n) is 6.43. The first-order valence-corrected chi connectivity index (χ1v) is 17.5. The molecular formula is C37H41N5O4S. The van der Waals surface area contributed by atoms with Gasteiger partial charge in [-0.05, 0) is 79.9 Å². The maximum atomic E-state index is 13.8. The number of carbonyl (C=O) groups is 1. The summed E-state index contributed by atoms with van der Waals surface area (Å²) in [6.07, 6.45) is 3.84. The van der Waals surface area contributed by atoms with Gasteiger partial charge in [0.15, 0.2) is 5.65 Å². The summed E-state index contributed by atoms with van der Waals surface area (Å²) in [5, 5.41) is 13.8. The molecule has 1 aliphatic rings. The Morgan fingerprint density at radius 1 is 1.04 bits per heavy atom. The molecule has 2 unspecified atom stereocenters. The number of amides is 1. The number of hydrogen-bond donors (Lipinski definition) is 2. The lowest BCUT2D eigenvalue weighted by Gasteiger charge is -2.21. The van der Waals surface area contributed by atoms with Crippen molar-refractivity contribution in [3.8, 4) is 22.3 Å². The molecule has 0 saturated carbocycles. The molecule has 1 saturated heterocycles. The van der Waals surface area contributed by atoms with Crippen molar-refractivity contribution in [3.63, 3.8) is 0 Å². The Labute approximate surface area is 276 Å². The predicted molar refractivity (Wildman–Crippen MR) is 188 cm³/mol. The van der Waals surface area contributed by atoms with Gasteiger partial charge >= 0.3 is 0 Å². The normalized spacial score (nSPS) is 15.7. The van der Waals surface area contributed by atoms with Crippen LogP contribution >= 0.6 is 0 Å². The Balaban J connectivity index is 1.41. The van der Waals surface area contributed by atoms with E-state index in [1.807, 2.05) is 43.4 Å². The minimum atomic E-state index is -3.82. The first-order valence-electron chi connectivity index (χ1n) is 15.9. The van der Waals surface area contributed by atoms with Gasteiger partial charge in [0, 0.05) is 72.9 Å². The van der Waals surface area contributed by atoms with E-state index in [1.165, 1.54) is 20.1 Å². The number of carbonyl (C=O) groups excluding carboxylic acids is 1. The summed E-state index contributed by atoms with van der Waals surface area (Å²) in [6.45, 7) is 5.96. The first-order chi connectivity index (χ1) is 22.5. The van der Waals surface area contributed by atoms with Gasteiger partial charge in [0.25, 0.3) is 5.91 Å². The van der Waals surface area contributed by atoms with Crippen LogP contribution in [-0.4, -0.2) is 79.2 Å². The number of aromatic nitrogens is 2. The van der Waals surface area contributed by atoms with Crippen molar-refractivity contribution in [2.45, 2.75) is 38.2 Å². The zero-order chi connectivity index (χ0) is 33.3. The number of likely N-dealkylation sites (N-methyl/N-ethyl adjacent to an activating group) is 2. The van der Waals surface area contributed by atoms with Crippen LogP contribution < -0.4 is 10.2 Å². The summed E-state index contributed by atoms with van der Waals surface area (Å²) in [5.41, 5.74) is 7.24. The van der Waals surface area contributed by atoms with E-state index in [9.17, 15) is 18.3 Å². The molecule has 0 bridgehead atoms. The molecule has 1 amide bonds. The average Bonchev–Trinajstić information content (AvgIpc) is 3.70. The number of anilines is 1. The Morgan fingerprint density at radius 3 is 2.43 bits per heavy atom. The zero-order valence-corrected chi connectivity index (χ0v) is 28.0. The average molecular weight is 652 g/mol. The smallest absolute Gasteiger partial charge is 0.253 e. The Kier molecular flexibility index (Phi) is 9.18. The number of hydrogen-bond acceptors (Lipinski definition) is 7. The molecule has 3 heterocycles. The molecule has 5 aromatic rings. The third-order valence-corrected chi connectivity index (χ3v) is 10.5. The topological polar surface area (TPSA) is 108 Å². The highest BCUT2D eigenvalue weighted by Crippen LogP contribution is 2.36. The molecule has 1 aliphatic heterocycles. The highest BCUT2D eigenvalue weighted by Gasteiger charge is 2.24. The van der Waals surface area contributed by atoms with Crippen molar-refractivity contribution in [1.29, 1.82) is 0 Å². The summed E-state index contributed by atoms with van der Waals surface area (Å²) >= 11 is 0. The number of aryl methyl sites for hydroxylation is 1. The Bertz CT molecular complexity index is 2010. The molecule has 0 aliphatic carbocycles. The third-order valence-electron chi connectivity index (χ3n) is 8.90. The van der Waals surface area contributed by atoms with Gasteiger partial charge in [-0.15, -0.1) is 0 Å². The van der Waals surface area contributed by atoms with Crippen LogP contribution in [0.25, 0.3) is 33.3 Å². The zero-order valence-electron chi connectivity index (χ0n) is 27.2. The van der Waals surface area contributed by atoms with E-state index in [4.69, 9.17) is 4.98 Å². The van der Waals surface area contributed by atoms with Gasteiger partial charge in [-0.25, -0.2) is 17.4 Å². The molecule has 2 atom stereocenters. The van der Waals surface area contributed by atoms with Crippen LogP contribution in [0.4, 0.5) is 5.69 Å². The van der Waals surface area contributed by atoms with Crippen LogP contribution in [0, 0.1) is 6.92 Å². The van der Waals surface area contributed by atoms with Crippen LogP contribution in [0.15, 0.2) is 91.3 Å². The number of pyridine rings is 1. The Hall–Kier alpha value is -4.51. The van der Waals surface area contributed by atoms with Gasteiger partial charge in [-0.1, -0.05) is 48.5 Å². The third kappa shape index (κ3) is 6.81. The van der Waals surface area contributed by atoms with Crippen LogP contribution in [0.5, 0.6) is 0 Å². The molecule has 10 heteroatoms. The van der Waals surface area contributed by atoms with Crippen LogP contribution in [0.1, 0.15) is 34.8 Å². The van der Waals surface area contributed by atoms with E-state index in [2.05, 4.69) is 35.3 Å². The molecule has 244 valence electrons. The van der Waals surface area contributed by atoms with E-state index in [-0.39, 0.29) is 18.2 Å². The molecule has 6 rings (SSSR count). The van der Waals surface area contributed by atoms with Crippen LogP contribution in [0.2, 0.25) is 0 Å². The molecule has 9 nitrogen and oxygen atoms in total. The fourth-order valence-corrected chi connectivity index (χ4v) is 7.86. The quantitative estimate of drug-likeness (QED) is 0.211. The lowest BCUT2D eigenvalue weighted by atomic mass is 9.99. The van der Waals surface area contributed by atoms with Gasteiger partial charge in [0.1, 0.15) is 0 Å². The van der Waals surface area contributed by atoms with Gasteiger partial charge in [0.2, 0.25) is 10.0 Å². The van der Waals surface area contributed by atoms with Crippen LogP contribution in [0.3, 0.4) is 0 Å². The van der Waals surface area contributed by atoms with Gasteiger partial charge in [0.05, 0.1) is 11.9 Å². The minimum absolute atomic E-state index is 0.172. The number of fused-ring (bicyclic) bond motifs is 1. The molecular weight excluding hydrogens is 611 g/mol. The van der Waals surface area contributed by atoms with E-state index in [0.29, 0.717) is 33.8 Å². The highest BCUT2D eigenvalue weighted by molar-refractivity contribution is 7.89. The van der Waals surface area contributed by atoms with Crippen molar-refractivity contribution in [2.75, 3.05) is 38.6 Å². The predicted octanol–water partition coefficient (Wildman–Crippen LogP) is 5.31. The van der Waals surface area contributed by atoms with Gasteiger partial charge in [-0.3, -0.25) is 4.79 Å². The van der Waals surface area contributed by atoms with Gasteiger partial charge < -0.3 is 20.2 Å². The second-order valence-corrected chi connectivity index (χ2v) is 14.4. The van der Waals surface area contributed by atoms with Crippen molar-refractivity contribution in [3.05, 3.63) is 108 Å². The van der Waals surface area contributed by atoms with E-state index < -0.39 is 16.1 Å². The molecule has 0 radical (unpaired) electrons. The van der Waals surface area contributed by atoms with Crippen molar-refractivity contribution in [1.82, 2.24) is 19.2 Å². The number of aliphatic hydroxyl groups is 1. The second-order valence-electron chi connectivity index (χ2n) is 12.5. The maximum Gasteiger partial charge on any atom is 0.253 e. The molecule has 0 spiro atoms. The maximum absolute atomic E-state index is 13.8. The number of nitrogens with zero attached hydrogens (tertiary/aromatic N) is 4. The van der Waals surface area contributed by atoms with Crippen molar-refractivity contribution >= 4 is 32.7 Å². The monoisotopic (exact) mass is 651 g/mol. The molecule has 2 N–H and O–H groups in total. The number of rotatable bonds is 10.